The van der Waals surface area contributed by atoms with Gasteiger partial charge in [-0.3, -0.25) is 9.59 Å². The summed E-state index contributed by atoms with van der Waals surface area (Å²) in [7, 11) is 1.85. The van der Waals surface area contributed by atoms with Crippen LogP contribution >= 0.6 is 11.8 Å². The molecule has 2 amide bonds. The van der Waals surface area contributed by atoms with Crippen molar-refractivity contribution < 1.29 is 9.59 Å². The van der Waals surface area contributed by atoms with Gasteiger partial charge in [-0.2, -0.15) is 0 Å². The topological polar surface area (TPSA) is 52.7 Å². The van der Waals surface area contributed by atoms with Crippen LogP contribution in [0.1, 0.15) is 13.3 Å². The Morgan fingerprint density at radius 3 is 2.82 bits per heavy atom. The minimum Gasteiger partial charge on any atom is -0.340 e. The van der Waals surface area contributed by atoms with Gasteiger partial charge in [0.2, 0.25) is 11.8 Å². The van der Waals surface area contributed by atoms with Crippen molar-refractivity contribution in [2.45, 2.75) is 25.4 Å². The molecule has 17 heavy (non-hydrogen) atoms. The molecule has 0 bridgehead atoms. The summed E-state index contributed by atoms with van der Waals surface area (Å²) in [5.41, 5.74) is 0. The third kappa shape index (κ3) is 2.57. The lowest BCUT2D eigenvalue weighted by atomic mass is 10.2. The summed E-state index contributed by atoms with van der Waals surface area (Å²) in [4.78, 5) is 27.3. The Morgan fingerprint density at radius 2 is 2.24 bits per heavy atom. The number of carbonyl (C=O) groups excluding carboxylic acids is 2. The number of carbonyl (C=O) groups is 2. The largest absolute Gasteiger partial charge is 0.340 e. The number of nitrogens with one attached hydrogen (secondary N) is 1. The molecule has 0 aliphatic carbocycles. The van der Waals surface area contributed by atoms with Gasteiger partial charge in [0, 0.05) is 32.3 Å². The lowest BCUT2D eigenvalue weighted by Gasteiger charge is -2.30. The highest BCUT2D eigenvalue weighted by atomic mass is 32.2. The van der Waals surface area contributed by atoms with Crippen LogP contribution in [-0.4, -0.2) is 65.5 Å². The standard InChI is InChI=1S/C11H19N3O2S/c1-8(15)14-7-17-6-10(14)11(16)13(2)9-3-4-12-5-9/h9-10,12H,3-7H2,1-2H3/t9-,10+/m1/s1. The van der Waals surface area contributed by atoms with E-state index in [2.05, 4.69) is 5.32 Å². The smallest absolute Gasteiger partial charge is 0.246 e. The molecule has 6 heteroatoms. The minimum absolute atomic E-state index is 0.00806. The van der Waals surface area contributed by atoms with Gasteiger partial charge in [0.05, 0.1) is 5.88 Å². The second-order valence-corrected chi connectivity index (χ2v) is 5.60. The van der Waals surface area contributed by atoms with Crippen LogP contribution in [-0.2, 0) is 9.59 Å². The predicted octanol–water partition coefficient (Wildman–Crippen LogP) is -0.272. The van der Waals surface area contributed by atoms with Crippen molar-refractivity contribution in [1.29, 1.82) is 0 Å². The first-order valence-electron chi connectivity index (χ1n) is 5.93. The molecule has 2 atom stereocenters. The van der Waals surface area contributed by atoms with Gasteiger partial charge in [0.1, 0.15) is 6.04 Å². The molecule has 0 aromatic rings. The summed E-state index contributed by atoms with van der Waals surface area (Å²) in [5, 5.41) is 3.25. The van der Waals surface area contributed by atoms with E-state index in [9.17, 15) is 9.59 Å². The summed E-state index contributed by atoms with van der Waals surface area (Å²) in [6, 6.07) is 0.0185. The molecule has 2 rings (SSSR count). The molecular weight excluding hydrogens is 238 g/mol. The molecule has 1 N–H and O–H groups in total. The normalized spacial score (nSPS) is 28.5. The molecule has 2 fully saturated rings. The van der Waals surface area contributed by atoms with Crippen molar-refractivity contribution in [2.75, 3.05) is 31.8 Å². The van der Waals surface area contributed by atoms with Crippen LogP contribution in [0.4, 0.5) is 0 Å². The fourth-order valence-electron chi connectivity index (χ4n) is 2.34. The molecule has 2 heterocycles. The number of hydrogen-bond donors (Lipinski definition) is 1. The Hall–Kier alpha value is -0.750. The zero-order chi connectivity index (χ0) is 12.4. The van der Waals surface area contributed by atoms with Crippen molar-refractivity contribution in [3.05, 3.63) is 0 Å². The number of likely N-dealkylation sites (N-methyl/N-ethyl adjacent to an activating group) is 1. The van der Waals surface area contributed by atoms with Gasteiger partial charge >= 0.3 is 0 Å². The van der Waals surface area contributed by atoms with E-state index in [-0.39, 0.29) is 23.9 Å². The average molecular weight is 257 g/mol. The number of thioether (sulfide) groups is 1. The maximum absolute atomic E-state index is 12.3. The Labute approximate surface area is 106 Å². The molecule has 0 radical (unpaired) electrons. The highest BCUT2D eigenvalue weighted by molar-refractivity contribution is 7.99. The third-order valence-electron chi connectivity index (χ3n) is 3.50. The average Bonchev–Trinajstić information content (AvgIpc) is 2.97. The van der Waals surface area contributed by atoms with Crippen molar-refractivity contribution in [3.8, 4) is 0 Å². The maximum Gasteiger partial charge on any atom is 0.246 e. The van der Waals surface area contributed by atoms with Crippen LogP contribution in [0, 0.1) is 0 Å². The number of rotatable bonds is 2. The van der Waals surface area contributed by atoms with Gasteiger partial charge in [0.15, 0.2) is 0 Å². The molecule has 0 spiro atoms. The van der Waals surface area contributed by atoms with E-state index in [1.165, 1.54) is 6.92 Å². The van der Waals surface area contributed by atoms with Gasteiger partial charge < -0.3 is 15.1 Å². The van der Waals surface area contributed by atoms with Crippen molar-refractivity contribution in [2.24, 2.45) is 0 Å². The minimum atomic E-state index is -0.261. The molecule has 5 nitrogen and oxygen atoms in total. The van der Waals surface area contributed by atoms with Crippen LogP contribution in [0.5, 0.6) is 0 Å². The van der Waals surface area contributed by atoms with E-state index in [1.54, 1.807) is 16.7 Å². The van der Waals surface area contributed by atoms with E-state index in [0.29, 0.717) is 5.88 Å². The number of hydrogen-bond acceptors (Lipinski definition) is 4. The highest BCUT2D eigenvalue weighted by Crippen LogP contribution is 2.23. The molecule has 2 aliphatic rings. The zero-order valence-electron chi connectivity index (χ0n) is 10.3. The fourth-order valence-corrected chi connectivity index (χ4v) is 3.55. The first-order chi connectivity index (χ1) is 8.11. The zero-order valence-corrected chi connectivity index (χ0v) is 11.1. The molecule has 0 aromatic carbocycles. The second kappa shape index (κ2) is 5.27. The van der Waals surface area contributed by atoms with Crippen LogP contribution in [0.3, 0.4) is 0 Å². The quantitative estimate of drug-likeness (QED) is 0.740. The highest BCUT2D eigenvalue weighted by Gasteiger charge is 2.36. The first kappa shape index (κ1) is 12.7. The summed E-state index contributed by atoms with van der Waals surface area (Å²) in [5.74, 6) is 1.44. The van der Waals surface area contributed by atoms with Crippen LogP contribution in [0.15, 0.2) is 0 Å². The van der Waals surface area contributed by atoms with Crippen molar-refractivity contribution in [1.82, 2.24) is 15.1 Å². The van der Waals surface area contributed by atoms with Crippen molar-refractivity contribution >= 4 is 23.6 Å². The van der Waals surface area contributed by atoms with Crippen molar-refractivity contribution in [3.63, 3.8) is 0 Å². The van der Waals surface area contributed by atoms with Gasteiger partial charge in [-0.1, -0.05) is 0 Å². The summed E-state index contributed by atoms with van der Waals surface area (Å²) >= 11 is 1.65. The first-order valence-corrected chi connectivity index (χ1v) is 7.09. The summed E-state index contributed by atoms with van der Waals surface area (Å²) < 4.78 is 0. The van der Waals surface area contributed by atoms with Crippen LogP contribution in [0.25, 0.3) is 0 Å². The Morgan fingerprint density at radius 1 is 1.47 bits per heavy atom. The van der Waals surface area contributed by atoms with Gasteiger partial charge in [-0.15, -0.1) is 11.8 Å². The molecule has 96 valence electrons. The maximum atomic E-state index is 12.3. The number of amides is 2. The van der Waals surface area contributed by atoms with Gasteiger partial charge in [0.25, 0.3) is 0 Å². The lowest BCUT2D eigenvalue weighted by Crippen LogP contribution is -2.50. The van der Waals surface area contributed by atoms with E-state index in [0.717, 1.165) is 25.3 Å². The Balaban J connectivity index is 2.00. The summed E-state index contributed by atoms with van der Waals surface area (Å²) in [6.07, 6.45) is 1.00. The third-order valence-corrected chi connectivity index (χ3v) is 4.51. The second-order valence-electron chi connectivity index (χ2n) is 4.60. The Bertz CT molecular complexity index is 318. The monoisotopic (exact) mass is 257 g/mol. The predicted molar refractivity (Wildman–Crippen MR) is 67.7 cm³/mol. The molecule has 2 aliphatic heterocycles. The molecule has 2 saturated heterocycles. The van der Waals surface area contributed by atoms with E-state index in [4.69, 9.17) is 0 Å². The molecule has 0 aromatic heterocycles. The summed E-state index contributed by atoms with van der Waals surface area (Å²) in [6.45, 7) is 3.36. The van der Waals surface area contributed by atoms with Gasteiger partial charge in [-0.05, 0) is 13.0 Å². The van der Waals surface area contributed by atoms with E-state index < -0.39 is 0 Å². The molecule has 0 unspecified atom stereocenters. The Kier molecular flexibility index (Phi) is 3.93. The van der Waals surface area contributed by atoms with E-state index >= 15 is 0 Å². The molecular formula is C11H19N3O2S. The van der Waals surface area contributed by atoms with Crippen LogP contribution < -0.4 is 5.32 Å². The van der Waals surface area contributed by atoms with E-state index in [1.807, 2.05) is 11.9 Å². The lowest BCUT2D eigenvalue weighted by molar-refractivity contribution is -0.142. The fraction of sp³-hybridized carbons (Fsp3) is 0.818. The van der Waals surface area contributed by atoms with Crippen LogP contribution in [0.2, 0.25) is 0 Å². The SMILES string of the molecule is CC(=O)N1CSC[C@H]1C(=O)N(C)[C@@H]1CCNC1. The number of nitrogens with zero attached hydrogens (tertiary/aromatic N) is 2. The molecule has 0 saturated carbocycles. The van der Waals surface area contributed by atoms with Gasteiger partial charge in [-0.25, -0.2) is 0 Å².